The van der Waals surface area contributed by atoms with Crippen LogP contribution in [0.5, 0.6) is 0 Å². The minimum Gasteiger partial charge on any atom is -0.481 e. The molecule has 2 aromatic rings. The average molecular weight is 366 g/mol. The lowest BCUT2D eigenvalue weighted by atomic mass is 9.96. The van der Waals surface area contributed by atoms with Gasteiger partial charge in [-0.05, 0) is 25.0 Å². The largest absolute Gasteiger partial charge is 0.481 e. The molecule has 2 aromatic carbocycles. The number of halogens is 1. The van der Waals surface area contributed by atoms with Crippen molar-refractivity contribution in [2.75, 3.05) is 0 Å². The van der Waals surface area contributed by atoms with E-state index in [2.05, 4.69) is 0 Å². The van der Waals surface area contributed by atoms with E-state index in [1.807, 2.05) is 13.0 Å². The smallest absolute Gasteiger partial charge is 0.310 e. The lowest BCUT2D eigenvalue weighted by Crippen LogP contribution is -2.16. The highest BCUT2D eigenvalue weighted by Gasteiger charge is 2.16. The molecule has 0 aliphatic rings. The van der Waals surface area contributed by atoms with Crippen molar-refractivity contribution in [3.63, 3.8) is 0 Å². The van der Waals surface area contributed by atoms with Crippen molar-refractivity contribution < 1.29 is 19.8 Å². The first-order chi connectivity index (χ1) is 11.4. The van der Waals surface area contributed by atoms with Crippen molar-refractivity contribution >= 4 is 24.2 Å². The monoisotopic (exact) mass is 365 g/mol. The van der Waals surface area contributed by atoms with Crippen LogP contribution < -0.4 is 5.73 Å². The van der Waals surface area contributed by atoms with Crippen LogP contribution in [0.2, 0.25) is 0 Å². The maximum atomic E-state index is 12.2. The van der Waals surface area contributed by atoms with Crippen LogP contribution in [0.15, 0.2) is 54.6 Å². The fraction of sp³-hybridized carbons (Fsp3) is 0.263. The summed E-state index contributed by atoms with van der Waals surface area (Å²) >= 11 is 0. The molecule has 0 saturated heterocycles. The minimum absolute atomic E-state index is 0. The number of carboxylic acid groups (broad SMARTS) is 1. The minimum atomic E-state index is -0.899. The van der Waals surface area contributed by atoms with Crippen LogP contribution >= 0.6 is 12.4 Å². The number of rotatable bonds is 5. The van der Waals surface area contributed by atoms with Gasteiger partial charge in [0, 0.05) is 11.1 Å². The molecule has 0 aromatic heterocycles. The van der Waals surface area contributed by atoms with Crippen molar-refractivity contribution in [1.29, 1.82) is 0 Å². The van der Waals surface area contributed by atoms with E-state index in [1.54, 1.807) is 55.5 Å². The number of aliphatic hydroxyl groups excluding tert-OH is 1. The molecule has 0 bridgehead atoms. The van der Waals surface area contributed by atoms with Gasteiger partial charge in [-0.2, -0.15) is 0 Å². The third-order valence-corrected chi connectivity index (χ3v) is 3.47. The summed E-state index contributed by atoms with van der Waals surface area (Å²) < 4.78 is 0. The zero-order valence-electron chi connectivity index (χ0n) is 14.3. The number of aliphatic hydroxyl groups is 1. The summed E-state index contributed by atoms with van der Waals surface area (Å²) in [7, 11) is 0. The number of nitrogens with two attached hydrogens (primary N) is 1. The molecule has 2 unspecified atom stereocenters. The van der Waals surface area contributed by atoms with Gasteiger partial charge < -0.3 is 15.9 Å². The number of ketones is 1. The van der Waals surface area contributed by atoms with Gasteiger partial charge in [0.1, 0.15) is 6.23 Å². The maximum Gasteiger partial charge on any atom is 0.310 e. The van der Waals surface area contributed by atoms with Gasteiger partial charge in [0.2, 0.25) is 0 Å². The topological polar surface area (TPSA) is 101 Å². The summed E-state index contributed by atoms with van der Waals surface area (Å²) in [6, 6.07) is 15.7. The second-order valence-corrected chi connectivity index (χ2v) is 5.36. The van der Waals surface area contributed by atoms with Crippen molar-refractivity contribution in [2.45, 2.75) is 32.4 Å². The molecule has 0 radical (unpaired) electrons. The van der Waals surface area contributed by atoms with Crippen molar-refractivity contribution in [3.05, 3.63) is 71.3 Å². The summed E-state index contributed by atoms with van der Waals surface area (Å²) in [5.74, 6) is -1.62. The van der Waals surface area contributed by atoms with Gasteiger partial charge in [0.05, 0.1) is 5.92 Å². The van der Waals surface area contributed by atoms with Gasteiger partial charge in [-0.15, -0.1) is 12.4 Å². The summed E-state index contributed by atoms with van der Waals surface area (Å²) in [6.07, 6.45) is 0.0231. The Morgan fingerprint density at radius 2 is 1.56 bits per heavy atom. The summed E-state index contributed by atoms with van der Waals surface area (Å²) in [5.41, 5.74) is 6.59. The van der Waals surface area contributed by atoms with Crippen LogP contribution in [0.25, 0.3) is 0 Å². The number of aliphatic carboxylic acids is 1. The van der Waals surface area contributed by atoms with Crippen LogP contribution in [0, 0.1) is 0 Å². The molecule has 136 valence electrons. The standard InChI is InChI=1S/C16H14O3.C3H9NO.ClH/c1-11(16(18)19)13-8-5-9-14(10-13)15(17)12-6-3-2-4-7-12;1-2-3(4)5;/h2-11H,1H3,(H,18,19);3,5H,2,4H2,1H3;1H. The Bertz CT molecular complexity index is 674. The molecule has 2 atom stereocenters. The maximum absolute atomic E-state index is 12.2. The lowest BCUT2D eigenvalue weighted by Gasteiger charge is -2.08. The highest BCUT2D eigenvalue weighted by molar-refractivity contribution is 6.09. The van der Waals surface area contributed by atoms with Crippen molar-refractivity contribution in [2.24, 2.45) is 5.73 Å². The Kier molecular flexibility index (Phi) is 10.4. The Hall–Kier alpha value is -2.21. The Balaban J connectivity index is 0.000000848. The zero-order chi connectivity index (χ0) is 18.1. The fourth-order valence-electron chi connectivity index (χ4n) is 1.85. The van der Waals surface area contributed by atoms with Crippen LogP contribution in [0.1, 0.15) is 47.7 Å². The molecule has 0 aliphatic carbocycles. The van der Waals surface area contributed by atoms with Crippen molar-refractivity contribution in [1.82, 2.24) is 0 Å². The first kappa shape index (κ1) is 22.8. The van der Waals surface area contributed by atoms with Crippen molar-refractivity contribution in [3.8, 4) is 0 Å². The van der Waals surface area contributed by atoms with Gasteiger partial charge in [-0.25, -0.2) is 0 Å². The summed E-state index contributed by atoms with van der Waals surface area (Å²) in [5, 5.41) is 17.1. The molecule has 4 N–H and O–H groups in total. The van der Waals surface area contributed by atoms with E-state index in [9.17, 15) is 9.59 Å². The van der Waals surface area contributed by atoms with E-state index in [0.717, 1.165) is 0 Å². The van der Waals surface area contributed by atoms with E-state index < -0.39 is 18.1 Å². The van der Waals surface area contributed by atoms with Crippen LogP contribution in [-0.4, -0.2) is 28.2 Å². The normalized spacial score (nSPS) is 12.0. The number of hydrogen-bond donors (Lipinski definition) is 3. The van der Waals surface area contributed by atoms with Gasteiger partial charge in [0.25, 0.3) is 0 Å². The second-order valence-electron chi connectivity index (χ2n) is 5.36. The molecule has 0 aliphatic heterocycles. The Morgan fingerprint density at radius 3 is 2.04 bits per heavy atom. The molecule has 25 heavy (non-hydrogen) atoms. The predicted octanol–water partition coefficient (Wildman–Crippen LogP) is 3.20. The van der Waals surface area contributed by atoms with Crippen LogP contribution in [0.4, 0.5) is 0 Å². The number of hydrogen-bond acceptors (Lipinski definition) is 4. The van der Waals surface area contributed by atoms with Crippen LogP contribution in [-0.2, 0) is 4.79 Å². The highest BCUT2D eigenvalue weighted by Crippen LogP contribution is 2.18. The third kappa shape index (κ3) is 7.47. The molecular formula is C19H24ClNO4. The first-order valence-electron chi connectivity index (χ1n) is 7.73. The van der Waals surface area contributed by atoms with Gasteiger partial charge in [0.15, 0.2) is 5.78 Å². The molecule has 0 amide bonds. The Labute approximate surface area is 153 Å². The van der Waals surface area contributed by atoms with Gasteiger partial charge in [-0.3, -0.25) is 9.59 Å². The molecule has 0 saturated carbocycles. The number of carboxylic acids is 1. The summed E-state index contributed by atoms with van der Waals surface area (Å²) in [6.45, 7) is 3.43. The van der Waals surface area contributed by atoms with E-state index in [-0.39, 0.29) is 18.2 Å². The van der Waals surface area contributed by atoms with E-state index >= 15 is 0 Å². The van der Waals surface area contributed by atoms with E-state index in [4.69, 9.17) is 15.9 Å². The number of carbonyl (C=O) groups excluding carboxylic acids is 1. The fourth-order valence-corrected chi connectivity index (χ4v) is 1.85. The second kappa shape index (κ2) is 11.4. The molecule has 5 nitrogen and oxygen atoms in total. The molecule has 6 heteroatoms. The average Bonchev–Trinajstić information content (AvgIpc) is 2.61. The quantitative estimate of drug-likeness (QED) is 0.558. The zero-order valence-corrected chi connectivity index (χ0v) is 15.1. The lowest BCUT2D eigenvalue weighted by molar-refractivity contribution is -0.138. The molecule has 0 heterocycles. The van der Waals surface area contributed by atoms with Crippen LogP contribution in [0.3, 0.4) is 0 Å². The molecular weight excluding hydrogens is 342 g/mol. The summed E-state index contributed by atoms with van der Waals surface area (Å²) in [4.78, 5) is 23.2. The van der Waals surface area contributed by atoms with Gasteiger partial charge >= 0.3 is 5.97 Å². The van der Waals surface area contributed by atoms with E-state index in [0.29, 0.717) is 23.1 Å². The SMILES string of the molecule is CC(C(=O)O)c1cccc(C(=O)c2ccccc2)c1.CCC(N)O.Cl. The predicted molar refractivity (Wildman–Crippen MR) is 100 cm³/mol. The number of benzene rings is 2. The van der Waals surface area contributed by atoms with Gasteiger partial charge in [-0.1, -0.05) is 55.5 Å². The Morgan fingerprint density at radius 1 is 1.04 bits per heavy atom. The highest BCUT2D eigenvalue weighted by atomic mass is 35.5. The van der Waals surface area contributed by atoms with E-state index in [1.165, 1.54) is 0 Å². The third-order valence-electron chi connectivity index (χ3n) is 3.47. The number of carbonyl (C=O) groups is 2. The molecule has 0 spiro atoms. The molecule has 2 rings (SSSR count). The molecule has 0 fully saturated rings. The first-order valence-corrected chi connectivity index (χ1v) is 7.73.